The molecule has 0 aliphatic carbocycles. The van der Waals surface area contributed by atoms with Crippen LogP contribution in [0.25, 0.3) is 115 Å². The van der Waals surface area contributed by atoms with Crippen LogP contribution < -0.4 is 0 Å². The van der Waals surface area contributed by atoms with Crippen LogP contribution in [0.15, 0.2) is 182 Å². The average molecular weight is 815 g/mol. The number of hydrogen-bond acceptors (Lipinski definition) is 3. The molecule has 0 spiro atoms. The van der Waals surface area contributed by atoms with Gasteiger partial charge in [0.15, 0.2) is 22.9 Å². The van der Waals surface area contributed by atoms with Gasteiger partial charge in [-0.2, -0.15) is 5.26 Å². The molecule has 0 saturated carbocycles. The van der Waals surface area contributed by atoms with Gasteiger partial charge in [-0.05, 0) is 89.0 Å². The number of hydrogen-bond donors (Lipinski definition) is 0. The smallest absolute Gasteiger partial charge is 0.188 e. The van der Waals surface area contributed by atoms with Crippen LogP contribution in [-0.2, 0) is 0 Å². The minimum Gasteiger partial charge on any atom is -0.309 e. The van der Waals surface area contributed by atoms with Crippen molar-refractivity contribution in [2.24, 2.45) is 0 Å². The molecule has 0 unspecified atom stereocenters. The highest BCUT2D eigenvalue weighted by Gasteiger charge is 2.25. The van der Waals surface area contributed by atoms with E-state index in [2.05, 4.69) is 78.3 Å². The molecule has 0 bridgehead atoms. The summed E-state index contributed by atoms with van der Waals surface area (Å²) in [5.74, 6) is 0.586. The van der Waals surface area contributed by atoms with Gasteiger partial charge in [0.05, 0.1) is 76.2 Å². The van der Waals surface area contributed by atoms with E-state index in [0.717, 1.165) is 88.5 Å². The molecule has 0 aliphatic heterocycles. The number of rotatable bonds is 6. The number of aromatic nitrogens is 4. The molecule has 8 nitrogen and oxygen atoms in total. The molecule has 294 valence electrons. The second kappa shape index (κ2) is 15.1. The van der Waals surface area contributed by atoms with Gasteiger partial charge in [-0.15, -0.1) is 0 Å². The second-order valence-electron chi connectivity index (χ2n) is 15.4. The standard InChI is InChI=1S/C56H30N8/c1-58-38-22-26-51-44(30-38)43-29-35(34-57)21-25-50(43)63(51)49-19-11-10-17-42(49)55-41(48-33-47(36-13-6-4-7-14-36)61-56(62-48)37-15-8-5-9-16-37)18-12-20-54(55)64-52-27-23-39(59-2)31-45(52)46-32-40(60-3)24-28-53(46)64/h4-33H. The maximum Gasteiger partial charge on any atom is 0.188 e. The largest absolute Gasteiger partial charge is 0.309 e. The lowest BCUT2D eigenvalue weighted by Gasteiger charge is -2.22. The third-order valence-electron chi connectivity index (χ3n) is 11.8. The van der Waals surface area contributed by atoms with Crippen LogP contribution in [0.1, 0.15) is 5.56 Å². The van der Waals surface area contributed by atoms with Crippen LogP contribution in [-0.4, -0.2) is 19.1 Å². The van der Waals surface area contributed by atoms with Crippen molar-refractivity contribution >= 4 is 60.7 Å². The lowest BCUT2D eigenvalue weighted by molar-refractivity contribution is 1.15. The molecule has 0 fully saturated rings. The number of fused-ring (bicyclic) bond motifs is 6. The summed E-state index contributed by atoms with van der Waals surface area (Å²) < 4.78 is 4.45. The van der Waals surface area contributed by atoms with E-state index >= 15 is 0 Å². The Labute approximate surface area is 367 Å². The van der Waals surface area contributed by atoms with Gasteiger partial charge < -0.3 is 9.13 Å². The van der Waals surface area contributed by atoms with Gasteiger partial charge in [0.25, 0.3) is 0 Å². The van der Waals surface area contributed by atoms with Crippen molar-refractivity contribution in [2.45, 2.75) is 0 Å². The molecule has 0 atom stereocenters. The first-order chi connectivity index (χ1) is 31.5. The molecule has 0 saturated heterocycles. The van der Waals surface area contributed by atoms with Gasteiger partial charge in [0.2, 0.25) is 0 Å². The Morgan fingerprint density at radius 2 is 0.891 bits per heavy atom. The highest BCUT2D eigenvalue weighted by Crippen LogP contribution is 2.46. The van der Waals surface area contributed by atoms with Crippen LogP contribution in [0.4, 0.5) is 17.1 Å². The van der Waals surface area contributed by atoms with Crippen molar-refractivity contribution < 1.29 is 0 Å². The Kier molecular flexibility index (Phi) is 8.85. The van der Waals surface area contributed by atoms with E-state index in [1.807, 2.05) is 133 Å². The quantitative estimate of drug-likeness (QED) is 0.157. The summed E-state index contributed by atoms with van der Waals surface area (Å²) in [6.07, 6.45) is 0. The van der Waals surface area contributed by atoms with E-state index in [0.29, 0.717) is 34.1 Å². The lowest BCUT2D eigenvalue weighted by atomic mass is 9.93. The molecule has 3 aromatic heterocycles. The summed E-state index contributed by atoms with van der Waals surface area (Å²) in [6, 6.07) is 62.0. The third kappa shape index (κ3) is 6.04. The molecule has 0 aliphatic rings. The molecule has 0 radical (unpaired) electrons. The Morgan fingerprint density at radius 1 is 0.422 bits per heavy atom. The van der Waals surface area contributed by atoms with Crippen molar-refractivity contribution in [1.82, 2.24) is 19.1 Å². The molecular formula is C56H30N8. The van der Waals surface area contributed by atoms with Gasteiger partial charge >= 0.3 is 0 Å². The molecule has 0 amide bonds. The van der Waals surface area contributed by atoms with Crippen LogP contribution in [0.2, 0.25) is 0 Å². The van der Waals surface area contributed by atoms with Crippen LogP contribution in [0.5, 0.6) is 0 Å². The minimum atomic E-state index is 0.509. The molecule has 11 aromatic rings. The maximum absolute atomic E-state index is 9.99. The summed E-state index contributed by atoms with van der Waals surface area (Å²) >= 11 is 0. The van der Waals surface area contributed by atoms with E-state index in [1.165, 1.54) is 0 Å². The first kappa shape index (κ1) is 37.4. The number of nitrogens with zero attached hydrogens (tertiary/aromatic N) is 8. The van der Waals surface area contributed by atoms with Crippen LogP contribution in [0, 0.1) is 31.0 Å². The Balaban J connectivity index is 1.29. The van der Waals surface area contributed by atoms with Crippen molar-refractivity contribution in [2.75, 3.05) is 0 Å². The maximum atomic E-state index is 9.99. The molecule has 11 rings (SSSR count). The average Bonchev–Trinajstić information content (AvgIpc) is 3.87. The van der Waals surface area contributed by atoms with Gasteiger partial charge in [0.1, 0.15) is 0 Å². The third-order valence-corrected chi connectivity index (χ3v) is 11.8. The first-order valence-corrected chi connectivity index (χ1v) is 20.5. The zero-order chi connectivity index (χ0) is 43.3. The predicted octanol–water partition coefficient (Wildman–Crippen LogP) is 14.9. The van der Waals surface area contributed by atoms with Gasteiger partial charge in [-0.3, -0.25) is 0 Å². The Morgan fingerprint density at radius 3 is 1.47 bits per heavy atom. The molecular weight excluding hydrogens is 785 g/mol. The molecule has 8 heteroatoms. The summed E-state index contributed by atoms with van der Waals surface area (Å²) in [7, 11) is 0. The molecule has 3 heterocycles. The Bertz CT molecular complexity index is 3690. The van der Waals surface area contributed by atoms with E-state index in [9.17, 15) is 5.26 Å². The highest BCUT2D eigenvalue weighted by atomic mass is 15.0. The SMILES string of the molecule is [C-]#[N+]c1ccc2c(c1)c1cc(C#N)ccc1n2-c1ccccc1-c1c(-c2cc(-c3ccccc3)nc(-c3ccccc3)n2)cccc1-n1c2ccc([N+]#[C-])cc2c2cc([N+]#[C-])ccc21. The number of para-hydroxylation sites is 1. The molecule has 64 heavy (non-hydrogen) atoms. The highest BCUT2D eigenvalue weighted by molar-refractivity contribution is 6.14. The monoisotopic (exact) mass is 814 g/mol. The fourth-order valence-corrected chi connectivity index (χ4v) is 8.97. The predicted molar refractivity (Wildman–Crippen MR) is 256 cm³/mol. The van der Waals surface area contributed by atoms with Gasteiger partial charge in [0, 0.05) is 33.2 Å². The van der Waals surface area contributed by atoms with E-state index < -0.39 is 0 Å². The summed E-state index contributed by atoms with van der Waals surface area (Å²) in [6.45, 7) is 23.6. The fourth-order valence-electron chi connectivity index (χ4n) is 8.97. The Hall–Kier alpha value is -9.60. The molecule has 8 aromatic carbocycles. The normalized spacial score (nSPS) is 11.1. The van der Waals surface area contributed by atoms with Gasteiger partial charge in [-0.1, -0.05) is 109 Å². The van der Waals surface area contributed by atoms with Crippen molar-refractivity contribution in [3.63, 3.8) is 0 Å². The topological polar surface area (TPSA) is 72.5 Å². The lowest BCUT2D eigenvalue weighted by Crippen LogP contribution is -2.04. The van der Waals surface area contributed by atoms with Crippen molar-refractivity contribution in [1.29, 1.82) is 5.26 Å². The van der Waals surface area contributed by atoms with E-state index in [1.54, 1.807) is 0 Å². The summed E-state index contributed by atoms with van der Waals surface area (Å²) in [4.78, 5) is 21.8. The van der Waals surface area contributed by atoms with E-state index in [4.69, 9.17) is 29.7 Å². The number of nitriles is 1. The van der Waals surface area contributed by atoms with Crippen molar-refractivity contribution in [3.05, 3.63) is 222 Å². The first-order valence-electron chi connectivity index (χ1n) is 20.5. The zero-order valence-corrected chi connectivity index (χ0v) is 33.9. The number of benzene rings is 8. The van der Waals surface area contributed by atoms with Gasteiger partial charge in [-0.25, -0.2) is 24.5 Å². The minimum absolute atomic E-state index is 0.509. The molecule has 0 N–H and O–H groups in total. The van der Waals surface area contributed by atoms with Crippen LogP contribution >= 0.6 is 0 Å². The van der Waals surface area contributed by atoms with Crippen molar-refractivity contribution in [3.8, 4) is 62.5 Å². The zero-order valence-electron chi connectivity index (χ0n) is 33.9. The summed E-state index contributed by atoms with van der Waals surface area (Å²) in [5, 5.41) is 13.5. The fraction of sp³-hybridized carbons (Fsp3) is 0. The van der Waals surface area contributed by atoms with Crippen LogP contribution in [0.3, 0.4) is 0 Å². The van der Waals surface area contributed by atoms with E-state index in [-0.39, 0.29) is 0 Å². The second-order valence-corrected chi connectivity index (χ2v) is 15.4. The summed E-state index contributed by atoms with van der Waals surface area (Å²) in [5.41, 5.74) is 13.3.